The zero-order valence-corrected chi connectivity index (χ0v) is 18.0. The van der Waals surface area contributed by atoms with E-state index in [9.17, 15) is 14.4 Å². The minimum absolute atomic E-state index is 0.00837. The molecule has 1 aromatic heterocycles. The van der Waals surface area contributed by atoms with E-state index in [0.717, 1.165) is 36.9 Å². The summed E-state index contributed by atoms with van der Waals surface area (Å²) in [6.45, 7) is 6.76. The number of hydrogen-bond donors (Lipinski definition) is 2. The summed E-state index contributed by atoms with van der Waals surface area (Å²) >= 11 is 0. The summed E-state index contributed by atoms with van der Waals surface area (Å²) in [5, 5.41) is 0. The lowest BCUT2D eigenvalue weighted by Gasteiger charge is -2.37. The van der Waals surface area contributed by atoms with Gasteiger partial charge in [-0.15, -0.1) is 0 Å². The molecule has 0 radical (unpaired) electrons. The van der Waals surface area contributed by atoms with E-state index in [4.69, 9.17) is 5.73 Å². The summed E-state index contributed by atoms with van der Waals surface area (Å²) < 4.78 is 1.38. The van der Waals surface area contributed by atoms with Crippen LogP contribution in [0.15, 0.2) is 33.9 Å². The Morgan fingerprint density at radius 2 is 2.00 bits per heavy atom. The number of carbonyl (C=O) groups excluding carboxylic acids is 1. The lowest BCUT2D eigenvalue weighted by Crippen LogP contribution is -2.48. The number of likely N-dealkylation sites (N-methyl/N-ethyl adjacent to an activating group) is 1. The zero-order chi connectivity index (χ0) is 21.8. The molecule has 0 saturated carbocycles. The highest BCUT2D eigenvalue weighted by Gasteiger charge is 2.30. The summed E-state index contributed by atoms with van der Waals surface area (Å²) in [6.07, 6.45) is 3.48. The zero-order valence-electron chi connectivity index (χ0n) is 18.0. The average molecular weight is 414 g/mol. The molecule has 3 rings (SSSR count). The van der Waals surface area contributed by atoms with Crippen molar-refractivity contribution in [1.29, 1.82) is 0 Å². The maximum atomic E-state index is 13.3. The maximum absolute atomic E-state index is 13.3. The predicted molar refractivity (Wildman–Crippen MR) is 120 cm³/mol. The third kappa shape index (κ3) is 4.13. The maximum Gasteiger partial charge on any atom is 0.330 e. The van der Waals surface area contributed by atoms with Gasteiger partial charge in [-0.2, -0.15) is 0 Å². The Morgan fingerprint density at radius 1 is 1.27 bits per heavy atom. The van der Waals surface area contributed by atoms with Gasteiger partial charge in [-0.1, -0.05) is 31.5 Å². The third-order valence-corrected chi connectivity index (χ3v) is 5.77. The van der Waals surface area contributed by atoms with Crippen molar-refractivity contribution >= 4 is 23.1 Å². The molecule has 0 spiro atoms. The van der Waals surface area contributed by atoms with Gasteiger partial charge in [0.05, 0.1) is 6.54 Å². The summed E-state index contributed by atoms with van der Waals surface area (Å²) in [5.74, 6) is 0.0144. The van der Waals surface area contributed by atoms with Crippen molar-refractivity contribution in [3.63, 3.8) is 0 Å². The van der Waals surface area contributed by atoms with E-state index in [-0.39, 0.29) is 30.0 Å². The number of nitrogens with one attached hydrogen (secondary N) is 1. The topological polar surface area (TPSA) is 104 Å². The molecule has 0 fully saturated rings. The Bertz CT molecular complexity index is 1030. The van der Waals surface area contributed by atoms with Gasteiger partial charge in [-0.25, -0.2) is 4.79 Å². The van der Waals surface area contributed by atoms with Gasteiger partial charge in [-0.3, -0.25) is 19.1 Å². The van der Waals surface area contributed by atoms with Gasteiger partial charge in [-0.05, 0) is 44.7 Å². The molecule has 1 aromatic carbocycles. The molecule has 162 valence electrons. The fourth-order valence-electron chi connectivity index (χ4n) is 4.08. The molecule has 2 aromatic rings. The second kappa shape index (κ2) is 9.19. The van der Waals surface area contributed by atoms with Crippen LogP contribution in [0.1, 0.15) is 45.6 Å². The van der Waals surface area contributed by atoms with Crippen LogP contribution < -0.4 is 26.8 Å². The number of aromatic amines is 1. The van der Waals surface area contributed by atoms with E-state index in [1.165, 1.54) is 4.57 Å². The number of fused-ring (bicyclic) bond motifs is 1. The largest absolute Gasteiger partial charge is 0.383 e. The molecular formula is C22H31N5O3. The number of hydrogen-bond acceptors (Lipinski definition) is 5. The minimum Gasteiger partial charge on any atom is -0.383 e. The standard InChI is InChI=1S/C22H31N5O3/c1-4-6-13-26-20(23)19(21(29)24-22(26)30)25(5-2)14-18(28)27-15(3)11-12-16-9-7-8-10-17(16)27/h7-10,15H,4-6,11-14,23H2,1-3H3,(H,24,29,30). The first-order valence-corrected chi connectivity index (χ1v) is 10.7. The number of amides is 1. The van der Waals surface area contributed by atoms with Gasteiger partial charge in [0.1, 0.15) is 11.5 Å². The van der Waals surface area contributed by atoms with Crippen LogP contribution in [-0.2, 0) is 17.8 Å². The Morgan fingerprint density at radius 3 is 2.70 bits per heavy atom. The Kier molecular flexibility index (Phi) is 6.64. The molecule has 1 aliphatic heterocycles. The van der Waals surface area contributed by atoms with Gasteiger partial charge in [0, 0.05) is 24.8 Å². The molecule has 0 aliphatic carbocycles. The second-order valence-corrected chi connectivity index (χ2v) is 7.79. The van der Waals surface area contributed by atoms with Crippen LogP contribution in [0.25, 0.3) is 0 Å². The number of nitrogens with zero attached hydrogens (tertiary/aromatic N) is 3. The highest BCUT2D eigenvalue weighted by atomic mass is 16.2. The van der Waals surface area contributed by atoms with Crippen molar-refractivity contribution in [3.05, 3.63) is 50.7 Å². The quantitative estimate of drug-likeness (QED) is 0.723. The monoisotopic (exact) mass is 413 g/mol. The number of nitrogen functional groups attached to an aromatic ring is 1. The van der Waals surface area contributed by atoms with Gasteiger partial charge < -0.3 is 15.5 Å². The van der Waals surface area contributed by atoms with E-state index in [0.29, 0.717) is 13.1 Å². The van der Waals surface area contributed by atoms with Crippen molar-refractivity contribution < 1.29 is 4.79 Å². The number of H-pyrrole nitrogens is 1. The van der Waals surface area contributed by atoms with Crippen LogP contribution in [0.5, 0.6) is 0 Å². The predicted octanol–water partition coefficient (Wildman–Crippen LogP) is 2.11. The van der Waals surface area contributed by atoms with Crippen LogP contribution in [0.2, 0.25) is 0 Å². The third-order valence-electron chi connectivity index (χ3n) is 5.77. The van der Waals surface area contributed by atoms with E-state index in [2.05, 4.69) is 4.98 Å². The number of rotatable bonds is 7. The van der Waals surface area contributed by atoms with Crippen LogP contribution >= 0.6 is 0 Å². The van der Waals surface area contributed by atoms with Crippen molar-refractivity contribution in [3.8, 4) is 0 Å². The number of aryl methyl sites for hydroxylation is 1. The van der Waals surface area contributed by atoms with Gasteiger partial charge in [0.15, 0.2) is 0 Å². The molecule has 1 aliphatic rings. The first-order chi connectivity index (χ1) is 14.4. The highest BCUT2D eigenvalue weighted by molar-refractivity contribution is 5.98. The van der Waals surface area contributed by atoms with Gasteiger partial charge in [0.25, 0.3) is 5.56 Å². The van der Waals surface area contributed by atoms with E-state index in [1.807, 2.05) is 49.9 Å². The van der Waals surface area contributed by atoms with Gasteiger partial charge >= 0.3 is 5.69 Å². The Hall–Kier alpha value is -3.03. The number of unbranched alkanes of at least 4 members (excludes halogenated alkanes) is 1. The van der Waals surface area contributed by atoms with E-state index < -0.39 is 11.2 Å². The molecule has 8 heteroatoms. The van der Waals surface area contributed by atoms with Crippen molar-refractivity contribution in [1.82, 2.24) is 9.55 Å². The first-order valence-electron chi connectivity index (χ1n) is 10.7. The van der Waals surface area contributed by atoms with Crippen LogP contribution in [0.3, 0.4) is 0 Å². The molecule has 0 saturated heterocycles. The number of nitrogens with two attached hydrogens (primary N) is 1. The lowest BCUT2D eigenvalue weighted by atomic mass is 9.96. The Balaban J connectivity index is 1.94. The molecule has 8 nitrogen and oxygen atoms in total. The summed E-state index contributed by atoms with van der Waals surface area (Å²) in [5.41, 5.74) is 7.41. The van der Waals surface area contributed by atoms with Crippen LogP contribution in [-0.4, -0.2) is 34.6 Å². The normalized spacial score (nSPS) is 15.7. The lowest BCUT2D eigenvalue weighted by molar-refractivity contribution is -0.117. The van der Waals surface area contributed by atoms with Crippen LogP contribution in [0.4, 0.5) is 17.2 Å². The van der Waals surface area contributed by atoms with Crippen LogP contribution in [0, 0.1) is 0 Å². The fourth-order valence-corrected chi connectivity index (χ4v) is 4.08. The van der Waals surface area contributed by atoms with Crippen molar-refractivity contribution in [2.24, 2.45) is 0 Å². The molecular weight excluding hydrogens is 382 g/mol. The number of anilines is 3. The summed E-state index contributed by atoms with van der Waals surface area (Å²) in [7, 11) is 0. The second-order valence-electron chi connectivity index (χ2n) is 7.79. The van der Waals surface area contributed by atoms with Crippen molar-refractivity contribution in [2.45, 2.75) is 59.0 Å². The SMILES string of the molecule is CCCCn1c(N)c(N(CC)CC(=O)N2c3ccccc3CCC2C)c(=O)[nH]c1=O. The number of carbonyl (C=O) groups is 1. The molecule has 0 bridgehead atoms. The molecule has 30 heavy (non-hydrogen) atoms. The minimum atomic E-state index is -0.563. The number of aromatic nitrogens is 2. The smallest absolute Gasteiger partial charge is 0.330 e. The average Bonchev–Trinajstić information content (AvgIpc) is 2.72. The molecule has 3 N–H and O–H groups in total. The fraction of sp³-hybridized carbons (Fsp3) is 0.500. The highest BCUT2D eigenvalue weighted by Crippen LogP contribution is 2.31. The molecule has 1 amide bonds. The number of benzene rings is 1. The number of para-hydroxylation sites is 1. The van der Waals surface area contributed by atoms with E-state index in [1.54, 1.807) is 4.90 Å². The molecule has 1 unspecified atom stereocenters. The summed E-state index contributed by atoms with van der Waals surface area (Å²) in [4.78, 5) is 44.0. The summed E-state index contributed by atoms with van der Waals surface area (Å²) in [6, 6.07) is 7.99. The molecule has 1 atom stereocenters. The Labute approximate surface area is 176 Å². The van der Waals surface area contributed by atoms with Gasteiger partial charge in [0.2, 0.25) is 5.91 Å². The van der Waals surface area contributed by atoms with Crippen molar-refractivity contribution in [2.75, 3.05) is 28.6 Å². The molecule has 2 heterocycles. The first kappa shape index (κ1) is 21.7. The van der Waals surface area contributed by atoms with E-state index >= 15 is 0 Å².